The molecule has 3 rings (SSSR count). The van der Waals surface area contributed by atoms with Crippen LogP contribution in [0.3, 0.4) is 0 Å². The van der Waals surface area contributed by atoms with E-state index in [4.69, 9.17) is 4.74 Å². The molecule has 0 saturated heterocycles. The van der Waals surface area contributed by atoms with Gasteiger partial charge in [-0.15, -0.1) is 17.0 Å². The van der Waals surface area contributed by atoms with Gasteiger partial charge in [-0.05, 0) is 36.3 Å². The van der Waals surface area contributed by atoms with Crippen molar-refractivity contribution in [1.29, 1.82) is 0 Å². The highest BCUT2D eigenvalue weighted by atomic mass is 79.9. The van der Waals surface area contributed by atoms with E-state index in [0.29, 0.717) is 0 Å². The molecule has 1 aliphatic carbocycles. The molecule has 108 valence electrons. The number of benzene rings is 1. The van der Waals surface area contributed by atoms with E-state index in [9.17, 15) is 13.2 Å². The van der Waals surface area contributed by atoms with Gasteiger partial charge in [0.05, 0.1) is 5.04 Å². The van der Waals surface area contributed by atoms with E-state index >= 15 is 0 Å². The van der Waals surface area contributed by atoms with E-state index in [1.165, 1.54) is 0 Å². The predicted octanol–water partition coefficient (Wildman–Crippen LogP) is 4.77. The van der Waals surface area contributed by atoms with Crippen molar-refractivity contribution in [1.82, 2.24) is 0 Å². The maximum atomic E-state index is 12.1. The molecular weight excluding hydrogens is 355 g/mol. The third-order valence-corrected chi connectivity index (χ3v) is 3.88. The van der Waals surface area contributed by atoms with Crippen LogP contribution in [0.15, 0.2) is 28.1 Å². The van der Waals surface area contributed by atoms with Crippen LogP contribution in [0.25, 0.3) is 6.08 Å². The number of hydrogen-bond acceptors (Lipinski definition) is 3. The van der Waals surface area contributed by atoms with E-state index in [2.05, 4.69) is 4.99 Å². The first kappa shape index (κ1) is 15.4. The zero-order valence-electron chi connectivity index (χ0n) is 10.4. The lowest BCUT2D eigenvalue weighted by Crippen LogP contribution is -2.19. The van der Waals surface area contributed by atoms with Gasteiger partial charge in [-0.2, -0.15) is 13.2 Å². The second-order valence-corrected chi connectivity index (χ2v) is 5.66. The Morgan fingerprint density at radius 2 is 2.10 bits per heavy atom. The Bertz CT molecular complexity index is 598. The van der Waals surface area contributed by atoms with E-state index in [0.717, 1.165) is 21.1 Å². The summed E-state index contributed by atoms with van der Waals surface area (Å²) in [5.74, 6) is 0.235. The van der Waals surface area contributed by atoms with Gasteiger partial charge < -0.3 is 4.74 Å². The van der Waals surface area contributed by atoms with Gasteiger partial charge in [0.15, 0.2) is 6.61 Å². The second-order valence-electron chi connectivity index (χ2n) is 4.39. The molecule has 0 aromatic heterocycles. The zero-order valence-corrected chi connectivity index (χ0v) is 12.9. The average molecular weight is 366 g/mol. The summed E-state index contributed by atoms with van der Waals surface area (Å²) < 4.78 is 41.0. The van der Waals surface area contributed by atoms with Crippen molar-refractivity contribution in [2.75, 3.05) is 6.61 Å². The molecule has 2 aliphatic rings. The van der Waals surface area contributed by atoms with Crippen molar-refractivity contribution >= 4 is 39.9 Å². The number of thioether (sulfide) groups is 1. The SMILES string of the molecule is Br.CC1=NC2C(=Cc3cc(OCC(F)(F)F)ccc32)S1. The minimum absolute atomic E-state index is 0. The van der Waals surface area contributed by atoms with Gasteiger partial charge in [0.2, 0.25) is 0 Å². The second kappa shape index (κ2) is 5.44. The summed E-state index contributed by atoms with van der Waals surface area (Å²) in [6.07, 6.45) is -2.35. The van der Waals surface area contributed by atoms with Gasteiger partial charge in [-0.3, -0.25) is 4.99 Å². The first-order valence-electron chi connectivity index (χ1n) is 5.70. The van der Waals surface area contributed by atoms with Crippen molar-refractivity contribution in [3.8, 4) is 5.75 Å². The summed E-state index contributed by atoms with van der Waals surface area (Å²) in [6.45, 7) is 0.683. The average Bonchev–Trinajstić information content (AvgIpc) is 2.80. The molecule has 2 nitrogen and oxygen atoms in total. The fourth-order valence-electron chi connectivity index (χ4n) is 2.16. The molecule has 0 fully saturated rings. The van der Waals surface area contributed by atoms with E-state index in [1.54, 1.807) is 30.0 Å². The van der Waals surface area contributed by atoms with Crippen LogP contribution in [0.4, 0.5) is 13.2 Å². The Labute approximate surface area is 128 Å². The van der Waals surface area contributed by atoms with Gasteiger partial charge in [-0.1, -0.05) is 17.8 Å². The van der Waals surface area contributed by atoms with Crippen LogP contribution in [0.1, 0.15) is 24.1 Å². The van der Waals surface area contributed by atoms with E-state index in [-0.39, 0.29) is 28.8 Å². The third-order valence-electron chi connectivity index (χ3n) is 2.90. The molecule has 0 bridgehead atoms. The van der Waals surface area contributed by atoms with Crippen molar-refractivity contribution in [3.63, 3.8) is 0 Å². The van der Waals surface area contributed by atoms with Crippen molar-refractivity contribution in [3.05, 3.63) is 34.2 Å². The first-order chi connectivity index (χ1) is 8.92. The van der Waals surface area contributed by atoms with Gasteiger partial charge in [0.1, 0.15) is 11.8 Å². The number of hydrogen-bond donors (Lipinski definition) is 0. The molecule has 0 spiro atoms. The summed E-state index contributed by atoms with van der Waals surface area (Å²) >= 11 is 1.61. The van der Waals surface area contributed by atoms with Crippen molar-refractivity contribution < 1.29 is 17.9 Å². The molecular formula is C13H11BrF3NOS. The molecule has 1 unspecified atom stereocenters. The number of ether oxygens (including phenoxy) is 1. The van der Waals surface area contributed by atoms with Crippen LogP contribution in [-0.2, 0) is 0 Å². The van der Waals surface area contributed by atoms with Gasteiger partial charge in [0, 0.05) is 4.91 Å². The molecule has 0 amide bonds. The number of aliphatic imine (C=N–C) groups is 1. The van der Waals surface area contributed by atoms with Crippen LogP contribution >= 0.6 is 28.7 Å². The Balaban J connectivity index is 0.00000147. The highest BCUT2D eigenvalue weighted by Gasteiger charge is 2.31. The lowest BCUT2D eigenvalue weighted by Gasteiger charge is -2.11. The van der Waals surface area contributed by atoms with E-state index < -0.39 is 12.8 Å². The molecule has 1 heterocycles. The highest BCUT2D eigenvalue weighted by Crippen LogP contribution is 2.48. The van der Waals surface area contributed by atoms with Crippen LogP contribution in [0.5, 0.6) is 5.75 Å². The monoisotopic (exact) mass is 365 g/mol. The normalized spacial score (nSPS) is 19.7. The highest BCUT2D eigenvalue weighted by molar-refractivity contribution is 8.93. The zero-order chi connectivity index (χ0) is 13.6. The molecule has 20 heavy (non-hydrogen) atoms. The summed E-state index contributed by atoms with van der Waals surface area (Å²) in [7, 11) is 0. The van der Waals surface area contributed by atoms with E-state index in [1.807, 2.05) is 13.0 Å². The minimum Gasteiger partial charge on any atom is -0.484 e. The Hall–Kier alpha value is -0.950. The van der Waals surface area contributed by atoms with Crippen LogP contribution in [-0.4, -0.2) is 17.8 Å². The van der Waals surface area contributed by atoms with Gasteiger partial charge >= 0.3 is 6.18 Å². The standard InChI is InChI=1S/C13H10F3NOS.BrH/c1-7-17-12-10-3-2-9(18-6-13(14,15)16)4-8(10)5-11(12)19-7;/h2-5,12H,6H2,1H3;1H. The summed E-state index contributed by atoms with van der Waals surface area (Å²) in [4.78, 5) is 5.62. The number of halogens is 4. The molecule has 7 heteroatoms. The molecule has 1 atom stereocenters. The third kappa shape index (κ3) is 3.03. The molecule has 1 aliphatic heterocycles. The van der Waals surface area contributed by atoms with Gasteiger partial charge in [0.25, 0.3) is 0 Å². The minimum atomic E-state index is -4.31. The van der Waals surface area contributed by atoms with Crippen LogP contribution in [0.2, 0.25) is 0 Å². The molecule has 1 aromatic rings. The van der Waals surface area contributed by atoms with Crippen molar-refractivity contribution in [2.45, 2.75) is 19.1 Å². The topological polar surface area (TPSA) is 21.6 Å². The Kier molecular flexibility index (Phi) is 4.20. The fourth-order valence-corrected chi connectivity index (χ4v) is 3.14. The number of fused-ring (bicyclic) bond motifs is 3. The largest absolute Gasteiger partial charge is 0.484 e. The Morgan fingerprint density at radius 1 is 1.35 bits per heavy atom. The maximum Gasteiger partial charge on any atom is 0.422 e. The lowest BCUT2D eigenvalue weighted by atomic mass is 10.1. The van der Waals surface area contributed by atoms with Crippen molar-refractivity contribution in [2.24, 2.45) is 4.99 Å². The number of nitrogens with zero attached hydrogens (tertiary/aromatic N) is 1. The smallest absolute Gasteiger partial charge is 0.422 e. The maximum absolute atomic E-state index is 12.1. The molecule has 0 N–H and O–H groups in total. The van der Waals surface area contributed by atoms with Crippen LogP contribution < -0.4 is 4.74 Å². The number of rotatable bonds is 2. The molecule has 0 saturated carbocycles. The first-order valence-corrected chi connectivity index (χ1v) is 6.51. The lowest BCUT2D eigenvalue weighted by molar-refractivity contribution is -0.153. The van der Waals surface area contributed by atoms with Gasteiger partial charge in [-0.25, -0.2) is 0 Å². The predicted molar refractivity (Wildman–Crippen MR) is 79.7 cm³/mol. The quantitative estimate of drug-likeness (QED) is 0.752. The fraction of sp³-hybridized carbons (Fsp3) is 0.308. The number of alkyl halides is 3. The summed E-state index contributed by atoms with van der Waals surface area (Å²) in [5.41, 5.74) is 1.92. The van der Waals surface area contributed by atoms with Crippen LogP contribution in [0, 0.1) is 0 Å². The summed E-state index contributed by atoms with van der Waals surface area (Å²) in [6, 6.07) is 5.02. The molecule has 0 radical (unpaired) electrons. The summed E-state index contributed by atoms with van der Waals surface area (Å²) in [5, 5.41) is 1.01. The molecule has 1 aromatic carbocycles. The Morgan fingerprint density at radius 3 is 2.80 bits per heavy atom.